The molecule has 0 radical (unpaired) electrons. The number of ether oxygens (including phenoxy) is 1. The van der Waals surface area contributed by atoms with Crippen LogP contribution in [-0.2, 0) is 11.3 Å². The Hall–Kier alpha value is -1.68. The summed E-state index contributed by atoms with van der Waals surface area (Å²) in [6.45, 7) is 9.69. The molecular weight excluding hydrogens is 356 g/mol. The molecule has 1 saturated heterocycles. The Morgan fingerprint density at radius 2 is 1.76 bits per heavy atom. The van der Waals surface area contributed by atoms with Crippen molar-refractivity contribution >= 4 is 0 Å². The SMILES string of the molecule is CCN(CC)Cc1c2ccc(-c3ccccc3)c1C2N1COC2(CCCCC2)C1. The highest BCUT2D eigenvalue weighted by Gasteiger charge is 2.47. The smallest absolute Gasteiger partial charge is 0.101 e. The van der Waals surface area contributed by atoms with Gasteiger partial charge in [-0.15, -0.1) is 0 Å². The first kappa shape index (κ1) is 19.3. The Labute approximate surface area is 175 Å². The first-order valence-corrected chi connectivity index (χ1v) is 11.6. The average Bonchev–Trinajstić information content (AvgIpc) is 3.17. The Morgan fingerprint density at radius 1 is 1.00 bits per heavy atom. The summed E-state index contributed by atoms with van der Waals surface area (Å²) < 4.78 is 6.46. The largest absolute Gasteiger partial charge is 0.358 e. The molecule has 1 aliphatic heterocycles. The number of rotatable bonds is 6. The predicted molar refractivity (Wildman–Crippen MR) is 119 cm³/mol. The number of benzene rings is 2. The molecule has 1 unspecified atom stereocenters. The molecule has 1 spiro atoms. The van der Waals surface area contributed by atoms with Crippen molar-refractivity contribution in [2.45, 2.75) is 64.1 Å². The van der Waals surface area contributed by atoms with Gasteiger partial charge in [-0.25, -0.2) is 0 Å². The van der Waals surface area contributed by atoms with Crippen LogP contribution in [-0.4, -0.2) is 41.8 Å². The first-order chi connectivity index (χ1) is 14.2. The van der Waals surface area contributed by atoms with Crippen LogP contribution in [0.15, 0.2) is 42.5 Å². The molecule has 1 heterocycles. The zero-order valence-corrected chi connectivity index (χ0v) is 18.0. The van der Waals surface area contributed by atoms with Crippen LogP contribution in [0.4, 0.5) is 0 Å². The highest BCUT2D eigenvalue weighted by Crippen LogP contribution is 2.51. The van der Waals surface area contributed by atoms with Crippen LogP contribution in [0.5, 0.6) is 0 Å². The van der Waals surface area contributed by atoms with Crippen molar-refractivity contribution in [3.8, 4) is 11.1 Å². The van der Waals surface area contributed by atoms with Gasteiger partial charge in [-0.3, -0.25) is 9.80 Å². The van der Waals surface area contributed by atoms with Crippen molar-refractivity contribution in [2.24, 2.45) is 0 Å². The molecule has 0 amide bonds. The second-order valence-electron chi connectivity index (χ2n) is 9.09. The third-order valence-electron chi connectivity index (χ3n) is 7.48. The monoisotopic (exact) mass is 390 g/mol. The molecule has 5 rings (SSSR count). The highest BCUT2D eigenvalue weighted by atomic mass is 16.5. The molecule has 0 N–H and O–H groups in total. The molecule has 1 atom stereocenters. The molecule has 3 heteroatoms. The van der Waals surface area contributed by atoms with Crippen LogP contribution in [0.25, 0.3) is 11.1 Å². The maximum atomic E-state index is 6.46. The highest BCUT2D eigenvalue weighted by molar-refractivity contribution is 5.76. The molecule has 2 bridgehead atoms. The lowest BCUT2D eigenvalue weighted by Crippen LogP contribution is -2.41. The van der Waals surface area contributed by atoms with Crippen molar-refractivity contribution in [1.82, 2.24) is 9.80 Å². The molecule has 2 aromatic carbocycles. The maximum Gasteiger partial charge on any atom is 0.101 e. The summed E-state index contributed by atoms with van der Waals surface area (Å²) in [4.78, 5) is 5.16. The Bertz CT molecular complexity index is 853. The lowest BCUT2D eigenvalue weighted by atomic mass is 9.73. The standard InChI is InChI=1S/C26H34N2O/c1-3-27(4-2)17-23-22-14-13-21(20-11-7-5-8-12-20)24(23)25(22)28-18-26(29-19-28)15-9-6-10-16-26/h5,7-8,11-14,25H,3-4,6,9-10,15-19H2,1-2H3. The topological polar surface area (TPSA) is 15.7 Å². The van der Waals surface area contributed by atoms with Gasteiger partial charge in [-0.05, 0) is 53.7 Å². The van der Waals surface area contributed by atoms with Gasteiger partial charge in [0.2, 0.25) is 0 Å². The quantitative estimate of drug-likeness (QED) is 0.639. The van der Waals surface area contributed by atoms with Crippen LogP contribution in [0.1, 0.15) is 68.7 Å². The van der Waals surface area contributed by atoms with Crippen LogP contribution < -0.4 is 0 Å². The fourth-order valence-electron chi connectivity index (χ4n) is 5.77. The van der Waals surface area contributed by atoms with Gasteiger partial charge in [0, 0.05) is 13.1 Å². The van der Waals surface area contributed by atoms with Crippen LogP contribution >= 0.6 is 0 Å². The minimum atomic E-state index is 0.124. The van der Waals surface area contributed by atoms with E-state index in [1.807, 2.05) is 0 Å². The molecule has 1 saturated carbocycles. The second-order valence-corrected chi connectivity index (χ2v) is 9.09. The molecule has 2 fully saturated rings. The molecule has 154 valence electrons. The number of hydrogen-bond acceptors (Lipinski definition) is 3. The summed E-state index contributed by atoms with van der Waals surface area (Å²) >= 11 is 0. The van der Waals surface area contributed by atoms with Crippen molar-refractivity contribution in [3.05, 3.63) is 59.2 Å². The van der Waals surface area contributed by atoms with E-state index in [0.29, 0.717) is 6.04 Å². The summed E-state index contributed by atoms with van der Waals surface area (Å²) in [6, 6.07) is 16.1. The van der Waals surface area contributed by atoms with Crippen molar-refractivity contribution in [2.75, 3.05) is 26.4 Å². The molecule has 2 aliphatic carbocycles. The lowest BCUT2D eigenvalue weighted by molar-refractivity contribution is -0.0225. The fourth-order valence-corrected chi connectivity index (χ4v) is 5.77. The Morgan fingerprint density at radius 3 is 2.48 bits per heavy atom. The van der Waals surface area contributed by atoms with Crippen LogP contribution in [0.3, 0.4) is 0 Å². The van der Waals surface area contributed by atoms with Gasteiger partial charge in [0.05, 0.1) is 11.6 Å². The minimum Gasteiger partial charge on any atom is -0.358 e. The van der Waals surface area contributed by atoms with Gasteiger partial charge in [-0.1, -0.05) is 75.6 Å². The molecular formula is C26H34N2O. The average molecular weight is 391 g/mol. The zero-order chi connectivity index (χ0) is 19.8. The molecule has 0 aromatic heterocycles. The molecule has 3 nitrogen and oxygen atoms in total. The number of fused-ring (bicyclic) bond motifs is 2. The van der Waals surface area contributed by atoms with E-state index in [2.05, 4.69) is 66.1 Å². The molecule has 29 heavy (non-hydrogen) atoms. The van der Waals surface area contributed by atoms with E-state index in [-0.39, 0.29) is 5.60 Å². The summed E-state index contributed by atoms with van der Waals surface area (Å²) in [6.07, 6.45) is 6.50. The molecule has 3 aliphatic rings. The van der Waals surface area contributed by atoms with Gasteiger partial charge >= 0.3 is 0 Å². The van der Waals surface area contributed by atoms with Crippen molar-refractivity contribution < 1.29 is 4.74 Å². The minimum absolute atomic E-state index is 0.124. The van der Waals surface area contributed by atoms with Gasteiger partial charge in [-0.2, -0.15) is 0 Å². The van der Waals surface area contributed by atoms with Crippen molar-refractivity contribution in [1.29, 1.82) is 0 Å². The van der Waals surface area contributed by atoms with E-state index in [0.717, 1.165) is 32.9 Å². The van der Waals surface area contributed by atoms with E-state index in [9.17, 15) is 0 Å². The van der Waals surface area contributed by atoms with Gasteiger partial charge < -0.3 is 4.74 Å². The van der Waals surface area contributed by atoms with E-state index >= 15 is 0 Å². The molecule has 2 aromatic rings. The van der Waals surface area contributed by atoms with Gasteiger partial charge in [0.1, 0.15) is 6.73 Å². The van der Waals surface area contributed by atoms with Gasteiger partial charge in [0.25, 0.3) is 0 Å². The summed E-state index contributed by atoms with van der Waals surface area (Å²) in [5.41, 5.74) is 7.52. The predicted octanol–water partition coefficient (Wildman–Crippen LogP) is 5.59. The first-order valence-electron chi connectivity index (χ1n) is 11.6. The van der Waals surface area contributed by atoms with E-state index < -0.39 is 0 Å². The van der Waals surface area contributed by atoms with E-state index in [1.165, 1.54) is 48.8 Å². The van der Waals surface area contributed by atoms with E-state index in [1.54, 1.807) is 11.1 Å². The fraction of sp³-hybridized carbons (Fsp3) is 0.538. The summed E-state index contributed by atoms with van der Waals surface area (Å²) in [7, 11) is 0. The Kier molecular flexibility index (Phi) is 5.23. The van der Waals surface area contributed by atoms with E-state index in [4.69, 9.17) is 4.74 Å². The maximum absolute atomic E-state index is 6.46. The summed E-state index contributed by atoms with van der Waals surface area (Å²) in [5.74, 6) is 0. The van der Waals surface area contributed by atoms with Gasteiger partial charge in [0.15, 0.2) is 0 Å². The third kappa shape index (κ3) is 3.34. The van der Waals surface area contributed by atoms with Crippen molar-refractivity contribution in [3.63, 3.8) is 0 Å². The zero-order valence-electron chi connectivity index (χ0n) is 18.0. The van der Waals surface area contributed by atoms with Crippen LogP contribution in [0.2, 0.25) is 0 Å². The lowest BCUT2D eigenvalue weighted by Gasteiger charge is -2.43. The second kappa shape index (κ2) is 7.86. The third-order valence-corrected chi connectivity index (χ3v) is 7.48. The Balaban J connectivity index is 1.48. The normalized spacial score (nSPS) is 22.9. The number of nitrogens with zero attached hydrogens (tertiary/aromatic N) is 2. The van der Waals surface area contributed by atoms with Crippen LogP contribution in [0, 0.1) is 0 Å². The number of hydrogen-bond donors (Lipinski definition) is 0. The summed E-state index contributed by atoms with van der Waals surface area (Å²) in [5, 5.41) is 0.